The molecule has 0 radical (unpaired) electrons. The summed E-state index contributed by atoms with van der Waals surface area (Å²) < 4.78 is 0. The topological polar surface area (TPSA) is 15.3 Å². The standard InChI is InChI=1S/C17H28N2S/c1-5-16-11-18-17(3,15-9-7-6-8-10-15)13-19(16)12-14(2)20-4/h6-10,14,16,18H,5,11-13H2,1-4H3. The van der Waals surface area contributed by atoms with Gasteiger partial charge in [0, 0.05) is 30.9 Å². The number of rotatable bonds is 5. The second-order valence-electron chi connectivity index (χ2n) is 6.12. The lowest BCUT2D eigenvalue weighted by atomic mass is 9.87. The first-order valence-electron chi connectivity index (χ1n) is 7.66. The van der Waals surface area contributed by atoms with Crippen LogP contribution in [0.15, 0.2) is 30.3 Å². The quantitative estimate of drug-likeness (QED) is 0.896. The zero-order valence-corrected chi connectivity index (χ0v) is 14.0. The lowest BCUT2D eigenvalue weighted by molar-refractivity contribution is 0.0847. The third kappa shape index (κ3) is 3.57. The SMILES string of the molecule is CCC1CNC(C)(c2ccccc2)CN1CC(C)SC. The van der Waals surface area contributed by atoms with Crippen LogP contribution in [0, 0.1) is 0 Å². The number of hydrogen-bond acceptors (Lipinski definition) is 3. The highest BCUT2D eigenvalue weighted by Crippen LogP contribution is 2.28. The van der Waals surface area contributed by atoms with Crippen LogP contribution in [0.5, 0.6) is 0 Å². The zero-order valence-electron chi connectivity index (χ0n) is 13.2. The minimum Gasteiger partial charge on any atom is -0.305 e. The van der Waals surface area contributed by atoms with E-state index in [1.807, 2.05) is 11.8 Å². The van der Waals surface area contributed by atoms with Crippen LogP contribution in [0.1, 0.15) is 32.8 Å². The van der Waals surface area contributed by atoms with Crippen molar-refractivity contribution in [2.24, 2.45) is 0 Å². The number of piperazine rings is 1. The Kier molecular flexibility index (Phi) is 5.53. The van der Waals surface area contributed by atoms with Crippen molar-refractivity contribution in [3.05, 3.63) is 35.9 Å². The fraction of sp³-hybridized carbons (Fsp3) is 0.647. The summed E-state index contributed by atoms with van der Waals surface area (Å²) in [5, 5.41) is 4.48. The highest BCUT2D eigenvalue weighted by atomic mass is 32.2. The predicted molar refractivity (Wildman–Crippen MR) is 90.4 cm³/mol. The summed E-state index contributed by atoms with van der Waals surface area (Å²) in [4.78, 5) is 2.69. The van der Waals surface area contributed by atoms with Gasteiger partial charge < -0.3 is 5.32 Å². The van der Waals surface area contributed by atoms with Gasteiger partial charge in [0.2, 0.25) is 0 Å². The number of nitrogens with zero attached hydrogens (tertiary/aromatic N) is 1. The van der Waals surface area contributed by atoms with Gasteiger partial charge in [-0.15, -0.1) is 0 Å². The van der Waals surface area contributed by atoms with Crippen molar-refractivity contribution in [1.82, 2.24) is 10.2 Å². The normalized spacial score (nSPS) is 29.3. The smallest absolute Gasteiger partial charge is 0.0535 e. The summed E-state index contributed by atoms with van der Waals surface area (Å²) >= 11 is 1.96. The minimum absolute atomic E-state index is 0.0745. The van der Waals surface area contributed by atoms with Crippen molar-refractivity contribution >= 4 is 11.8 Å². The number of nitrogens with one attached hydrogen (secondary N) is 1. The van der Waals surface area contributed by atoms with Gasteiger partial charge in [-0.3, -0.25) is 4.90 Å². The molecule has 1 aromatic carbocycles. The van der Waals surface area contributed by atoms with E-state index < -0.39 is 0 Å². The Morgan fingerprint density at radius 1 is 1.40 bits per heavy atom. The molecule has 1 saturated heterocycles. The first-order valence-corrected chi connectivity index (χ1v) is 8.95. The molecule has 0 aromatic heterocycles. The van der Waals surface area contributed by atoms with E-state index in [2.05, 4.69) is 67.6 Å². The van der Waals surface area contributed by atoms with Crippen LogP contribution in [0.4, 0.5) is 0 Å². The third-order valence-electron chi connectivity index (χ3n) is 4.54. The van der Waals surface area contributed by atoms with Gasteiger partial charge in [0.05, 0.1) is 5.54 Å². The van der Waals surface area contributed by atoms with E-state index in [4.69, 9.17) is 0 Å². The molecular weight excluding hydrogens is 264 g/mol. The summed E-state index contributed by atoms with van der Waals surface area (Å²) in [6, 6.07) is 11.5. The van der Waals surface area contributed by atoms with E-state index in [-0.39, 0.29) is 5.54 Å². The third-order valence-corrected chi connectivity index (χ3v) is 5.49. The van der Waals surface area contributed by atoms with Crippen LogP contribution in [-0.2, 0) is 5.54 Å². The number of hydrogen-bond donors (Lipinski definition) is 1. The Bertz CT molecular complexity index is 409. The van der Waals surface area contributed by atoms with Crippen LogP contribution < -0.4 is 5.32 Å². The van der Waals surface area contributed by atoms with Crippen molar-refractivity contribution in [2.45, 2.75) is 44.0 Å². The number of benzene rings is 1. The molecule has 2 nitrogen and oxygen atoms in total. The van der Waals surface area contributed by atoms with Crippen LogP contribution in [0.2, 0.25) is 0 Å². The second-order valence-corrected chi connectivity index (χ2v) is 7.39. The van der Waals surface area contributed by atoms with Gasteiger partial charge in [0.1, 0.15) is 0 Å². The van der Waals surface area contributed by atoms with Crippen LogP contribution in [0.3, 0.4) is 0 Å². The fourth-order valence-electron chi connectivity index (χ4n) is 3.08. The Hall–Kier alpha value is -0.510. The van der Waals surface area contributed by atoms with Gasteiger partial charge >= 0.3 is 0 Å². The molecule has 0 saturated carbocycles. The van der Waals surface area contributed by atoms with Crippen molar-refractivity contribution in [3.63, 3.8) is 0 Å². The molecule has 3 unspecified atom stereocenters. The van der Waals surface area contributed by atoms with E-state index in [9.17, 15) is 0 Å². The minimum atomic E-state index is 0.0745. The molecule has 1 aliphatic heterocycles. The summed E-state index contributed by atoms with van der Waals surface area (Å²) in [7, 11) is 0. The average Bonchev–Trinajstić information content (AvgIpc) is 2.48. The van der Waals surface area contributed by atoms with Gasteiger partial charge in [-0.1, -0.05) is 44.2 Å². The first kappa shape index (κ1) is 15.9. The van der Waals surface area contributed by atoms with Crippen LogP contribution in [0.25, 0.3) is 0 Å². The van der Waals surface area contributed by atoms with E-state index in [0.29, 0.717) is 11.3 Å². The highest BCUT2D eigenvalue weighted by Gasteiger charge is 2.36. The lowest BCUT2D eigenvalue weighted by Gasteiger charge is -2.47. The molecule has 0 bridgehead atoms. The van der Waals surface area contributed by atoms with E-state index in [0.717, 1.165) is 13.1 Å². The van der Waals surface area contributed by atoms with Gasteiger partial charge in [-0.2, -0.15) is 11.8 Å². The van der Waals surface area contributed by atoms with Gasteiger partial charge in [0.15, 0.2) is 0 Å². The molecule has 1 fully saturated rings. The van der Waals surface area contributed by atoms with Crippen molar-refractivity contribution in [1.29, 1.82) is 0 Å². The van der Waals surface area contributed by atoms with Crippen LogP contribution >= 0.6 is 11.8 Å². The van der Waals surface area contributed by atoms with Crippen molar-refractivity contribution < 1.29 is 0 Å². The lowest BCUT2D eigenvalue weighted by Crippen LogP contribution is -2.61. The molecule has 2 rings (SSSR count). The zero-order chi connectivity index (χ0) is 14.6. The van der Waals surface area contributed by atoms with Crippen molar-refractivity contribution in [3.8, 4) is 0 Å². The average molecular weight is 292 g/mol. The molecule has 1 heterocycles. The second kappa shape index (κ2) is 6.97. The maximum Gasteiger partial charge on any atom is 0.0535 e. The van der Waals surface area contributed by atoms with Crippen LogP contribution in [-0.4, -0.2) is 42.1 Å². The molecule has 3 heteroatoms. The van der Waals surface area contributed by atoms with Crippen molar-refractivity contribution in [2.75, 3.05) is 25.9 Å². The Morgan fingerprint density at radius 3 is 2.70 bits per heavy atom. The molecule has 112 valence electrons. The van der Waals surface area contributed by atoms with E-state index in [1.165, 1.54) is 18.5 Å². The maximum atomic E-state index is 3.79. The van der Waals surface area contributed by atoms with Gasteiger partial charge in [0.25, 0.3) is 0 Å². The molecule has 0 amide bonds. The van der Waals surface area contributed by atoms with Gasteiger partial charge in [-0.25, -0.2) is 0 Å². The predicted octanol–water partition coefficient (Wildman–Crippen LogP) is 3.34. The molecule has 1 aromatic rings. The summed E-state index contributed by atoms with van der Waals surface area (Å²) in [6.45, 7) is 10.3. The highest BCUT2D eigenvalue weighted by molar-refractivity contribution is 7.99. The Morgan fingerprint density at radius 2 is 2.10 bits per heavy atom. The van der Waals surface area contributed by atoms with E-state index >= 15 is 0 Å². The fourth-order valence-corrected chi connectivity index (χ4v) is 3.42. The largest absolute Gasteiger partial charge is 0.305 e. The summed E-state index contributed by atoms with van der Waals surface area (Å²) in [6.07, 6.45) is 3.43. The van der Waals surface area contributed by atoms with E-state index in [1.54, 1.807) is 0 Å². The molecule has 20 heavy (non-hydrogen) atoms. The monoisotopic (exact) mass is 292 g/mol. The first-order chi connectivity index (χ1) is 9.59. The molecular formula is C17H28N2S. The molecule has 0 spiro atoms. The molecule has 1 N–H and O–H groups in total. The summed E-state index contributed by atoms with van der Waals surface area (Å²) in [5.41, 5.74) is 1.47. The summed E-state index contributed by atoms with van der Waals surface area (Å²) in [5.74, 6) is 0. The van der Waals surface area contributed by atoms with Gasteiger partial charge in [-0.05, 0) is 25.2 Å². The Balaban J connectivity index is 2.14. The maximum absolute atomic E-state index is 3.79. The number of thioether (sulfide) groups is 1. The molecule has 1 aliphatic rings. The molecule has 0 aliphatic carbocycles. The Labute approximate surface area is 128 Å². The molecule has 3 atom stereocenters.